The Morgan fingerprint density at radius 2 is 1.60 bits per heavy atom. The van der Waals surface area contributed by atoms with Crippen LogP contribution in [0.4, 0.5) is 0 Å². The van der Waals surface area contributed by atoms with Crippen LogP contribution in [0.5, 0.6) is 0 Å². The molecular weight excluding hydrogens is 317 g/mol. The number of sulfonamides is 1. The van der Waals surface area contributed by atoms with Crippen molar-refractivity contribution < 1.29 is 8.42 Å². The summed E-state index contributed by atoms with van der Waals surface area (Å²) < 4.78 is 26.5. The van der Waals surface area contributed by atoms with Crippen LogP contribution in [0.1, 0.15) is 11.1 Å². The van der Waals surface area contributed by atoms with Gasteiger partial charge in [0.1, 0.15) is 0 Å². The van der Waals surface area contributed by atoms with Crippen LogP contribution in [0.2, 0.25) is 10.0 Å². The molecule has 0 aliphatic heterocycles. The molecule has 3 nitrogen and oxygen atoms in total. The van der Waals surface area contributed by atoms with Gasteiger partial charge in [-0.1, -0.05) is 59.6 Å². The quantitative estimate of drug-likeness (QED) is 0.910. The first-order valence-electron chi connectivity index (χ1n) is 5.91. The minimum Gasteiger partial charge on any atom is -0.212 e. The SMILES string of the molecule is O=S(=O)(Cc1ccccc1)NCc1ccc(Cl)c(Cl)c1. The number of halogens is 2. The van der Waals surface area contributed by atoms with Crippen molar-refractivity contribution in [2.75, 3.05) is 0 Å². The Kier molecular flexibility index (Phi) is 5.05. The summed E-state index contributed by atoms with van der Waals surface area (Å²) in [7, 11) is -3.38. The van der Waals surface area contributed by atoms with Gasteiger partial charge in [-0.3, -0.25) is 0 Å². The Labute approximate surface area is 128 Å². The van der Waals surface area contributed by atoms with Crippen molar-refractivity contribution >= 4 is 33.2 Å². The third-order valence-electron chi connectivity index (χ3n) is 2.68. The van der Waals surface area contributed by atoms with Gasteiger partial charge in [-0.05, 0) is 23.3 Å². The molecule has 2 aromatic carbocycles. The van der Waals surface area contributed by atoms with E-state index in [2.05, 4.69) is 4.72 Å². The summed E-state index contributed by atoms with van der Waals surface area (Å²) in [6.45, 7) is 0.187. The van der Waals surface area contributed by atoms with Crippen molar-refractivity contribution in [3.05, 3.63) is 69.7 Å². The zero-order valence-electron chi connectivity index (χ0n) is 10.5. The lowest BCUT2D eigenvalue weighted by atomic mass is 10.2. The second-order valence-electron chi connectivity index (χ2n) is 4.31. The van der Waals surface area contributed by atoms with Crippen LogP contribution < -0.4 is 4.72 Å². The standard InChI is InChI=1S/C14H13Cl2NO2S/c15-13-7-6-12(8-14(13)16)9-17-20(18,19)10-11-4-2-1-3-5-11/h1-8,17H,9-10H2. The summed E-state index contributed by atoms with van der Waals surface area (Å²) in [5.74, 6) is -0.0465. The third kappa shape index (κ3) is 4.49. The lowest BCUT2D eigenvalue weighted by Crippen LogP contribution is -2.24. The van der Waals surface area contributed by atoms with Crippen LogP contribution in [-0.4, -0.2) is 8.42 Å². The van der Waals surface area contributed by atoms with Gasteiger partial charge in [-0.15, -0.1) is 0 Å². The van der Waals surface area contributed by atoms with Crippen molar-refractivity contribution in [2.45, 2.75) is 12.3 Å². The molecule has 0 bridgehead atoms. The van der Waals surface area contributed by atoms with Gasteiger partial charge >= 0.3 is 0 Å². The predicted octanol–water partition coefficient (Wildman–Crippen LogP) is 3.61. The topological polar surface area (TPSA) is 46.2 Å². The zero-order chi connectivity index (χ0) is 14.6. The van der Waals surface area contributed by atoms with Gasteiger partial charge in [0, 0.05) is 6.54 Å². The number of nitrogens with one attached hydrogen (secondary N) is 1. The van der Waals surface area contributed by atoms with Crippen LogP contribution in [0.3, 0.4) is 0 Å². The average molecular weight is 330 g/mol. The number of hydrogen-bond donors (Lipinski definition) is 1. The summed E-state index contributed by atoms with van der Waals surface area (Å²) in [5, 5.41) is 0.856. The van der Waals surface area contributed by atoms with Crippen LogP contribution in [0.25, 0.3) is 0 Å². The fourth-order valence-electron chi connectivity index (χ4n) is 1.69. The molecule has 2 rings (SSSR count). The van der Waals surface area contributed by atoms with E-state index >= 15 is 0 Å². The summed E-state index contributed by atoms with van der Waals surface area (Å²) in [6.07, 6.45) is 0. The van der Waals surface area contributed by atoms with E-state index in [1.54, 1.807) is 30.3 Å². The predicted molar refractivity (Wildman–Crippen MR) is 82.4 cm³/mol. The minimum atomic E-state index is -3.38. The molecule has 0 heterocycles. The molecule has 106 valence electrons. The normalized spacial score (nSPS) is 11.5. The molecule has 0 amide bonds. The van der Waals surface area contributed by atoms with Crippen LogP contribution in [0, 0.1) is 0 Å². The van der Waals surface area contributed by atoms with E-state index in [9.17, 15) is 8.42 Å². The second-order valence-corrected chi connectivity index (χ2v) is 6.94. The van der Waals surface area contributed by atoms with Crippen molar-refractivity contribution in [3.63, 3.8) is 0 Å². The Morgan fingerprint density at radius 1 is 0.900 bits per heavy atom. The number of hydrogen-bond acceptors (Lipinski definition) is 2. The fourth-order valence-corrected chi connectivity index (χ4v) is 3.13. The highest BCUT2D eigenvalue weighted by Gasteiger charge is 2.11. The monoisotopic (exact) mass is 329 g/mol. The first-order valence-corrected chi connectivity index (χ1v) is 8.32. The molecule has 0 fully saturated rings. The van der Waals surface area contributed by atoms with E-state index in [0.717, 1.165) is 11.1 Å². The fraction of sp³-hybridized carbons (Fsp3) is 0.143. The maximum absolute atomic E-state index is 12.0. The molecule has 0 atom stereocenters. The first-order chi connectivity index (χ1) is 9.46. The van der Waals surface area contributed by atoms with Crippen molar-refractivity contribution in [1.82, 2.24) is 4.72 Å². The van der Waals surface area contributed by atoms with Crippen molar-refractivity contribution in [1.29, 1.82) is 0 Å². The summed E-state index contributed by atoms with van der Waals surface area (Å²) in [4.78, 5) is 0. The van der Waals surface area contributed by atoms with Gasteiger partial charge in [0.15, 0.2) is 0 Å². The Balaban J connectivity index is 2.00. The molecule has 0 aliphatic rings. The first kappa shape index (κ1) is 15.3. The van der Waals surface area contributed by atoms with Gasteiger partial charge in [0.25, 0.3) is 0 Å². The molecular formula is C14H13Cl2NO2S. The highest BCUT2D eigenvalue weighted by Crippen LogP contribution is 2.22. The summed E-state index contributed by atoms with van der Waals surface area (Å²) in [6, 6.07) is 14.0. The van der Waals surface area contributed by atoms with Gasteiger partial charge in [-0.25, -0.2) is 13.1 Å². The Bertz CT molecular complexity index is 688. The largest absolute Gasteiger partial charge is 0.216 e. The minimum absolute atomic E-state index is 0.0465. The van der Waals surface area contributed by atoms with Gasteiger partial charge in [-0.2, -0.15) is 0 Å². The molecule has 0 spiro atoms. The van der Waals surface area contributed by atoms with Gasteiger partial charge in [0.2, 0.25) is 10.0 Å². The van der Waals surface area contributed by atoms with E-state index < -0.39 is 10.0 Å². The third-order valence-corrected chi connectivity index (χ3v) is 4.72. The second kappa shape index (κ2) is 6.59. The molecule has 0 saturated heterocycles. The smallest absolute Gasteiger partial charge is 0.212 e. The zero-order valence-corrected chi connectivity index (χ0v) is 12.8. The molecule has 0 radical (unpaired) electrons. The van der Waals surface area contributed by atoms with Gasteiger partial charge < -0.3 is 0 Å². The van der Waals surface area contributed by atoms with E-state index in [1.807, 2.05) is 18.2 Å². The molecule has 0 aromatic heterocycles. The molecule has 2 aromatic rings. The van der Waals surface area contributed by atoms with Crippen LogP contribution in [0.15, 0.2) is 48.5 Å². The van der Waals surface area contributed by atoms with Crippen LogP contribution in [-0.2, 0) is 22.3 Å². The lowest BCUT2D eigenvalue weighted by Gasteiger charge is -2.07. The van der Waals surface area contributed by atoms with Crippen molar-refractivity contribution in [3.8, 4) is 0 Å². The molecule has 0 aliphatic carbocycles. The number of benzene rings is 2. The highest BCUT2D eigenvalue weighted by atomic mass is 35.5. The molecule has 6 heteroatoms. The highest BCUT2D eigenvalue weighted by molar-refractivity contribution is 7.88. The lowest BCUT2D eigenvalue weighted by molar-refractivity contribution is 0.580. The van der Waals surface area contributed by atoms with E-state index in [1.165, 1.54) is 0 Å². The van der Waals surface area contributed by atoms with E-state index in [0.29, 0.717) is 10.0 Å². The molecule has 0 saturated carbocycles. The van der Waals surface area contributed by atoms with Crippen molar-refractivity contribution in [2.24, 2.45) is 0 Å². The van der Waals surface area contributed by atoms with Gasteiger partial charge in [0.05, 0.1) is 15.8 Å². The van der Waals surface area contributed by atoms with E-state index in [-0.39, 0.29) is 12.3 Å². The average Bonchev–Trinajstić information content (AvgIpc) is 2.41. The molecule has 20 heavy (non-hydrogen) atoms. The Hall–Kier alpha value is -1.07. The number of rotatable bonds is 5. The summed E-state index contributed by atoms with van der Waals surface area (Å²) >= 11 is 11.7. The van der Waals surface area contributed by atoms with E-state index in [4.69, 9.17) is 23.2 Å². The molecule has 0 unspecified atom stereocenters. The maximum Gasteiger partial charge on any atom is 0.216 e. The Morgan fingerprint density at radius 3 is 2.25 bits per heavy atom. The maximum atomic E-state index is 12.0. The summed E-state index contributed by atoms with van der Waals surface area (Å²) in [5.41, 5.74) is 1.50. The van der Waals surface area contributed by atoms with Crippen LogP contribution >= 0.6 is 23.2 Å². The molecule has 1 N–H and O–H groups in total.